The fourth-order valence-corrected chi connectivity index (χ4v) is 3.80. The first-order valence-corrected chi connectivity index (χ1v) is 9.61. The zero-order valence-corrected chi connectivity index (χ0v) is 16.2. The van der Waals surface area contributed by atoms with E-state index in [-0.39, 0.29) is 29.8 Å². The first-order chi connectivity index (χ1) is 14.7. The smallest absolute Gasteiger partial charge is 0.335 e. The molecule has 0 saturated carbocycles. The third-order valence-corrected chi connectivity index (χ3v) is 5.45. The van der Waals surface area contributed by atoms with Crippen LogP contribution in [0, 0.1) is 0 Å². The Hall–Kier alpha value is -3.05. The first kappa shape index (κ1) is 21.2. The zero-order valence-electron chi connectivity index (χ0n) is 16.2. The molecule has 1 fully saturated rings. The number of fused-ring (bicyclic) bond motifs is 1. The molecule has 10 heteroatoms. The molecule has 2 aliphatic rings. The highest BCUT2D eigenvalue weighted by Gasteiger charge is 2.48. The third-order valence-electron chi connectivity index (χ3n) is 5.45. The number of rotatable bonds is 4. The van der Waals surface area contributed by atoms with Gasteiger partial charge in [0.05, 0.1) is 6.61 Å². The summed E-state index contributed by atoms with van der Waals surface area (Å²) in [5, 5.41) is 58.8. The maximum absolute atomic E-state index is 11.3. The quantitative estimate of drug-likeness (QED) is 0.388. The molecule has 0 spiro atoms. The van der Waals surface area contributed by atoms with Crippen molar-refractivity contribution in [2.45, 2.75) is 43.0 Å². The van der Waals surface area contributed by atoms with E-state index in [2.05, 4.69) is 0 Å². The number of aliphatic hydroxyl groups is 3. The summed E-state index contributed by atoms with van der Waals surface area (Å²) in [5.41, 5.74) is 1.45. The topological polar surface area (TPSA) is 166 Å². The van der Waals surface area contributed by atoms with Crippen molar-refractivity contribution in [3.8, 4) is 23.0 Å². The van der Waals surface area contributed by atoms with Crippen LogP contribution in [0.5, 0.6) is 23.0 Å². The van der Waals surface area contributed by atoms with Crippen LogP contribution in [0.3, 0.4) is 0 Å². The lowest BCUT2D eigenvalue weighted by atomic mass is 9.89. The van der Waals surface area contributed by atoms with Crippen molar-refractivity contribution in [1.82, 2.24) is 0 Å². The summed E-state index contributed by atoms with van der Waals surface area (Å²) >= 11 is 0. The van der Waals surface area contributed by atoms with Crippen molar-refractivity contribution < 1.29 is 49.6 Å². The van der Waals surface area contributed by atoms with Gasteiger partial charge in [0.2, 0.25) is 6.29 Å². The van der Waals surface area contributed by atoms with E-state index in [1.807, 2.05) is 0 Å². The van der Waals surface area contributed by atoms with E-state index < -0.39 is 36.7 Å². The van der Waals surface area contributed by atoms with Gasteiger partial charge in [-0.05, 0) is 24.1 Å². The Morgan fingerprint density at radius 1 is 0.968 bits per heavy atom. The van der Waals surface area contributed by atoms with Crippen LogP contribution in [0.15, 0.2) is 36.4 Å². The standard InChI is InChI=1S/C21H22O10/c22-11-2-1-9-5-10(8-29-14(9)6-11)13-4-3-12(23)7-15(13)30-21-18(26)16(24)17(25)19(31-21)20(27)28/h1-4,6-7,10,16-19,21-26H,5,8H2,(H,27,28)/t10-,16+,17+,18-,19+,21-/m1/s1. The van der Waals surface area contributed by atoms with Crippen LogP contribution in [0.25, 0.3) is 0 Å². The summed E-state index contributed by atoms with van der Waals surface area (Å²) < 4.78 is 16.6. The Labute approximate surface area is 176 Å². The van der Waals surface area contributed by atoms with Crippen LogP contribution >= 0.6 is 0 Å². The third kappa shape index (κ3) is 4.10. The monoisotopic (exact) mass is 434 g/mol. The van der Waals surface area contributed by atoms with Gasteiger partial charge in [0.15, 0.2) is 6.10 Å². The molecule has 0 aliphatic carbocycles. The lowest BCUT2D eigenvalue weighted by Crippen LogP contribution is -2.61. The Kier molecular flexibility index (Phi) is 5.63. The van der Waals surface area contributed by atoms with E-state index in [1.54, 1.807) is 18.2 Å². The number of aliphatic hydroxyl groups excluding tert-OH is 3. The maximum Gasteiger partial charge on any atom is 0.335 e. The number of aliphatic carboxylic acids is 1. The summed E-state index contributed by atoms with van der Waals surface area (Å²) in [6, 6.07) is 9.14. The van der Waals surface area contributed by atoms with Crippen LogP contribution in [-0.4, -0.2) is 73.9 Å². The molecule has 166 valence electrons. The molecule has 10 nitrogen and oxygen atoms in total. The second kappa shape index (κ2) is 8.23. The normalized spacial score (nSPS) is 30.2. The van der Waals surface area contributed by atoms with Gasteiger partial charge < -0.3 is 44.8 Å². The predicted molar refractivity (Wildman–Crippen MR) is 103 cm³/mol. The number of hydrogen-bond donors (Lipinski definition) is 6. The predicted octanol–water partition coefficient (Wildman–Crippen LogP) is 0.0875. The van der Waals surface area contributed by atoms with Crippen molar-refractivity contribution in [3.63, 3.8) is 0 Å². The van der Waals surface area contributed by atoms with Gasteiger partial charge in [0, 0.05) is 23.6 Å². The lowest BCUT2D eigenvalue weighted by molar-refractivity contribution is -0.271. The van der Waals surface area contributed by atoms with Gasteiger partial charge in [-0.25, -0.2) is 4.79 Å². The molecular weight excluding hydrogens is 412 g/mol. The molecule has 0 radical (unpaired) electrons. The molecule has 31 heavy (non-hydrogen) atoms. The van der Waals surface area contributed by atoms with E-state index >= 15 is 0 Å². The molecule has 6 atom stereocenters. The van der Waals surface area contributed by atoms with Gasteiger partial charge in [-0.2, -0.15) is 0 Å². The van der Waals surface area contributed by atoms with Crippen LogP contribution in [0.1, 0.15) is 17.0 Å². The van der Waals surface area contributed by atoms with E-state index in [9.17, 15) is 35.4 Å². The molecule has 1 saturated heterocycles. The number of benzene rings is 2. The number of carbonyl (C=O) groups is 1. The fourth-order valence-electron chi connectivity index (χ4n) is 3.80. The van der Waals surface area contributed by atoms with Crippen molar-refractivity contribution in [3.05, 3.63) is 47.5 Å². The van der Waals surface area contributed by atoms with Crippen molar-refractivity contribution in [1.29, 1.82) is 0 Å². The van der Waals surface area contributed by atoms with E-state index in [1.165, 1.54) is 18.2 Å². The van der Waals surface area contributed by atoms with Crippen LogP contribution in [-0.2, 0) is 16.0 Å². The minimum atomic E-state index is -1.84. The number of aromatic hydroxyl groups is 2. The molecule has 0 bridgehead atoms. The number of carboxylic acids is 1. The van der Waals surface area contributed by atoms with Gasteiger partial charge in [-0.15, -0.1) is 0 Å². The highest BCUT2D eigenvalue weighted by atomic mass is 16.7. The number of phenolic OH excluding ortho intramolecular Hbond substituents is 2. The first-order valence-electron chi connectivity index (χ1n) is 9.61. The van der Waals surface area contributed by atoms with E-state index in [0.717, 1.165) is 5.56 Å². The molecule has 0 amide bonds. The Morgan fingerprint density at radius 2 is 1.68 bits per heavy atom. The summed E-state index contributed by atoms with van der Waals surface area (Å²) in [5.74, 6) is -1.13. The van der Waals surface area contributed by atoms with Gasteiger partial charge in [0.25, 0.3) is 0 Å². The number of carboxylic acid groups (broad SMARTS) is 1. The number of hydrogen-bond acceptors (Lipinski definition) is 9. The number of ether oxygens (including phenoxy) is 3. The molecule has 4 rings (SSSR count). The molecule has 0 aromatic heterocycles. The molecule has 0 unspecified atom stereocenters. The second-order valence-electron chi connectivity index (χ2n) is 7.58. The fraction of sp³-hybridized carbons (Fsp3) is 0.381. The molecule has 6 N–H and O–H groups in total. The Balaban J connectivity index is 1.60. The summed E-state index contributed by atoms with van der Waals surface area (Å²) in [4.78, 5) is 11.3. The summed E-state index contributed by atoms with van der Waals surface area (Å²) in [6.07, 6.45) is -8.25. The van der Waals surface area contributed by atoms with E-state index in [4.69, 9.17) is 14.2 Å². The summed E-state index contributed by atoms with van der Waals surface area (Å²) in [6.45, 7) is 0.241. The highest BCUT2D eigenvalue weighted by molar-refractivity contribution is 5.73. The lowest BCUT2D eigenvalue weighted by Gasteiger charge is -2.39. The second-order valence-corrected chi connectivity index (χ2v) is 7.58. The van der Waals surface area contributed by atoms with Crippen molar-refractivity contribution in [2.75, 3.05) is 6.61 Å². The Bertz CT molecular complexity index is 977. The highest BCUT2D eigenvalue weighted by Crippen LogP contribution is 2.39. The van der Waals surface area contributed by atoms with Gasteiger partial charge in [-0.1, -0.05) is 12.1 Å². The Morgan fingerprint density at radius 3 is 2.42 bits per heavy atom. The van der Waals surface area contributed by atoms with Gasteiger partial charge >= 0.3 is 5.97 Å². The van der Waals surface area contributed by atoms with Gasteiger partial charge in [0.1, 0.15) is 41.3 Å². The van der Waals surface area contributed by atoms with Crippen LogP contribution < -0.4 is 9.47 Å². The maximum atomic E-state index is 11.3. The van der Waals surface area contributed by atoms with Crippen molar-refractivity contribution in [2.24, 2.45) is 0 Å². The minimum absolute atomic E-state index is 0.0861. The minimum Gasteiger partial charge on any atom is -0.508 e. The van der Waals surface area contributed by atoms with Crippen LogP contribution in [0.4, 0.5) is 0 Å². The van der Waals surface area contributed by atoms with Crippen LogP contribution in [0.2, 0.25) is 0 Å². The van der Waals surface area contributed by atoms with Gasteiger partial charge in [-0.3, -0.25) is 0 Å². The average Bonchev–Trinajstić information content (AvgIpc) is 2.73. The van der Waals surface area contributed by atoms with Crippen molar-refractivity contribution >= 4 is 5.97 Å². The van der Waals surface area contributed by atoms with E-state index in [0.29, 0.717) is 17.7 Å². The molecular formula is C21H22O10. The molecule has 2 aromatic rings. The largest absolute Gasteiger partial charge is 0.508 e. The zero-order chi connectivity index (χ0) is 22.3. The molecule has 2 heterocycles. The SMILES string of the molecule is O=C(O)[C@H]1O[C@@H](Oc2cc(O)ccc2[C@H]2COc3cc(O)ccc3C2)[C@H](O)[C@@H](O)[C@@H]1O. The molecule has 2 aliphatic heterocycles. The average molecular weight is 434 g/mol. The summed E-state index contributed by atoms with van der Waals surface area (Å²) in [7, 11) is 0. The number of phenols is 2. The molecule has 2 aromatic carbocycles.